The molecular weight excluding hydrogens is 534 g/mol. The Morgan fingerprint density at radius 1 is 0.923 bits per heavy atom. The molecule has 39 heavy (non-hydrogen) atoms. The molecule has 0 saturated heterocycles. The lowest BCUT2D eigenvalue weighted by Gasteiger charge is -2.33. The van der Waals surface area contributed by atoms with Crippen LogP contribution in [-0.2, 0) is 26.2 Å². The van der Waals surface area contributed by atoms with Crippen LogP contribution in [0.2, 0.25) is 5.02 Å². The standard InChI is InChI=1S/C30H36ClN3O4S/c1-6-28(30(36)32-21(2)3)33(19-24-11-7-8-13-27(24)31)29(35)20-34(25-12-9-10-23(5)18-25)39(37,38)26-16-14-22(4)15-17-26/h7-18,21,28H,6,19-20H2,1-5H3,(H,32,36)/t28-/m1/s1. The van der Waals surface area contributed by atoms with Crippen LogP contribution in [0.3, 0.4) is 0 Å². The maximum atomic E-state index is 14.0. The molecule has 9 heteroatoms. The molecule has 0 saturated carbocycles. The lowest BCUT2D eigenvalue weighted by molar-refractivity contribution is -0.140. The van der Waals surface area contributed by atoms with Gasteiger partial charge in [0.2, 0.25) is 11.8 Å². The van der Waals surface area contributed by atoms with Gasteiger partial charge in [-0.05, 0) is 75.6 Å². The van der Waals surface area contributed by atoms with Crippen LogP contribution in [0.4, 0.5) is 5.69 Å². The first-order valence-corrected chi connectivity index (χ1v) is 14.7. The maximum Gasteiger partial charge on any atom is 0.264 e. The summed E-state index contributed by atoms with van der Waals surface area (Å²) in [6.07, 6.45) is 0.337. The minimum absolute atomic E-state index is 0.0504. The Morgan fingerprint density at radius 2 is 1.59 bits per heavy atom. The highest BCUT2D eigenvalue weighted by Crippen LogP contribution is 2.26. The highest BCUT2D eigenvalue weighted by atomic mass is 35.5. The Kier molecular flexibility index (Phi) is 10.2. The van der Waals surface area contributed by atoms with E-state index in [1.807, 2.05) is 40.7 Å². The number of nitrogens with one attached hydrogen (secondary N) is 1. The summed E-state index contributed by atoms with van der Waals surface area (Å²) in [7, 11) is -4.11. The third kappa shape index (κ3) is 7.61. The molecule has 3 aromatic rings. The summed E-state index contributed by atoms with van der Waals surface area (Å²) in [4.78, 5) is 28.7. The quantitative estimate of drug-likeness (QED) is 0.331. The van der Waals surface area contributed by atoms with Gasteiger partial charge in [0.25, 0.3) is 10.0 Å². The van der Waals surface area contributed by atoms with Crippen molar-refractivity contribution in [3.8, 4) is 0 Å². The Morgan fingerprint density at radius 3 is 2.18 bits per heavy atom. The molecular formula is C30H36ClN3O4S. The fourth-order valence-corrected chi connectivity index (χ4v) is 5.86. The smallest absolute Gasteiger partial charge is 0.264 e. The largest absolute Gasteiger partial charge is 0.352 e. The van der Waals surface area contributed by atoms with Gasteiger partial charge in [-0.3, -0.25) is 13.9 Å². The summed E-state index contributed by atoms with van der Waals surface area (Å²) in [6.45, 7) is 8.80. The number of carbonyl (C=O) groups excluding carboxylic acids is 2. The zero-order valence-corrected chi connectivity index (χ0v) is 24.6. The Balaban J connectivity index is 2.08. The monoisotopic (exact) mass is 569 g/mol. The van der Waals surface area contributed by atoms with Gasteiger partial charge in [0.1, 0.15) is 12.6 Å². The van der Waals surface area contributed by atoms with Crippen molar-refractivity contribution in [3.63, 3.8) is 0 Å². The molecule has 0 aliphatic rings. The van der Waals surface area contributed by atoms with Crippen LogP contribution in [0.15, 0.2) is 77.7 Å². The molecule has 0 bridgehead atoms. The molecule has 0 radical (unpaired) electrons. The van der Waals surface area contributed by atoms with Crippen LogP contribution in [-0.4, -0.2) is 43.8 Å². The topological polar surface area (TPSA) is 86.8 Å². The van der Waals surface area contributed by atoms with E-state index in [9.17, 15) is 18.0 Å². The Labute approximate surface area is 236 Å². The lowest BCUT2D eigenvalue weighted by atomic mass is 10.1. The van der Waals surface area contributed by atoms with Crippen molar-refractivity contribution < 1.29 is 18.0 Å². The van der Waals surface area contributed by atoms with Gasteiger partial charge in [0.15, 0.2) is 0 Å². The maximum absolute atomic E-state index is 14.0. The van der Waals surface area contributed by atoms with Crippen molar-refractivity contribution in [2.75, 3.05) is 10.8 Å². The van der Waals surface area contributed by atoms with E-state index in [-0.39, 0.29) is 23.4 Å². The average molecular weight is 570 g/mol. The zero-order valence-electron chi connectivity index (χ0n) is 23.0. The summed E-state index contributed by atoms with van der Waals surface area (Å²) in [6, 6.07) is 19.6. The van der Waals surface area contributed by atoms with Crippen LogP contribution in [0, 0.1) is 13.8 Å². The Bertz CT molecular complexity index is 1410. The summed E-state index contributed by atoms with van der Waals surface area (Å²) in [5.74, 6) is -0.825. The molecule has 1 N–H and O–H groups in total. The number of halogens is 1. The van der Waals surface area contributed by atoms with E-state index in [2.05, 4.69) is 5.32 Å². The molecule has 0 aliphatic carbocycles. The molecule has 0 unspecified atom stereocenters. The molecule has 0 spiro atoms. The third-order valence-corrected chi connectivity index (χ3v) is 8.45. The van der Waals surface area contributed by atoms with E-state index in [1.165, 1.54) is 17.0 Å². The second-order valence-electron chi connectivity index (χ2n) is 9.86. The van der Waals surface area contributed by atoms with E-state index in [0.717, 1.165) is 15.4 Å². The van der Waals surface area contributed by atoms with Gasteiger partial charge < -0.3 is 10.2 Å². The molecule has 7 nitrogen and oxygen atoms in total. The molecule has 208 valence electrons. The molecule has 0 aliphatic heterocycles. The molecule has 1 atom stereocenters. The molecule has 3 aromatic carbocycles. The molecule has 3 rings (SSSR count). The van der Waals surface area contributed by atoms with E-state index in [4.69, 9.17) is 11.6 Å². The van der Waals surface area contributed by atoms with Gasteiger partial charge in [-0.1, -0.05) is 66.6 Å². The average Bonchev–Trinajstić information content (AvgIpc) is 2.87. The highest BCUT2D eigenvalue weighted by Gasteiger charge is 2.34. The van der Waals surface area contributed by atoms with E-state index in [0.29, 0.717) is 22.7 Å². The second kappa shape index (κ2) is 13.1. The summed E-state index contributed by atoms with van der Waals surface area (Å²) < 4.78 is 28.9. The number of sulfonamides is 1. The van der Waals surface area contributed by atoms with E-state index < -0.39 is 28.5 Å². The van der Waals surface area contributed by atoms with Crippen molar-refractivity contribution in [3.05, 3.63) is 94.5 Å². The van der Waals surface area contributed by atoms with Gasteiger partial charge in [0.05, 0.1) is 10.6 Å². The first kappa shape index (κ1) is 30.2. The number of anilines is 1. The van der Waals surface area contributed by atoms with Crippen LogP contribution >= 0.6 is 11.6 Å². The third-order valence-electron chi connectivity index (χ3n) is 6.29. The normalized spacial score (nSPS) is 12.2. The number of carbonyl (C=O) groups is 2. The number of aryl methyl sites for hydroxylation is 2. The SMILES string of the molecule is CC[C@H](C(=O)NC(C)C)N(Cc1ccccc1Cl)C(=O)CN(c1cccc(C)c1)S(=O)(=O)c1ccc(C)cc1. The molecule has 0 aromatic heterocycles. The van der Waals surface area contributed by atoms with Gasteiger partial charge in [-0.15, -0.1) is 0 Å². The highest BCUT2D eigenvalue weighted by molar-refractivity contribution is 7.92. The van der Waals surface area contributed by atoms with Gasteiger partial charge in [-0.2, -0.15) is 0 Å². The molecule has 2 amide bonds. The summed E-state index contributed by atoms with van der Waals surface area (Å²) >= 11 is 6.42. The minimum Gasteiger partial charge on any atom is -0.352 e. The number of rotatable bonds is 11. The second-order valence-corrected chi connectivity index (χ2v) is 12.1. The van der Waals surface area contributed by atoms with E-state index in [1.54, 1.807) is 54.6 Å². The van der Waals surface area contributed by atoms with Crippen molar-refractivity contribution in [1.82, 2.24) is 10.2 Å². The Hall–Kier alpha value is -3.36. The van der Waals surface area contributed by atoms with Crippen molar-refractivity contribution >= 4 is 39.1 Å². The number of hydrogen-bond acceptors (Lipinski definition) is 4. The first-order chi connectivity index (χ1) is 18.4. The predicted molar refractivity (Wildman–Crippen MR) is 156 cm³/mol. The number of nitrogens with zero attached hydrogens (tertiary/aromatic N) is 2. The number of hydrogen-bond donors (Lipinski definition) is 1. The minimum atomic E-state index is -4.11. The predicted octanol–water partition coefficient (Wildman–Crippen LogP) is 5.48. The van der Waals surface area contributed by atoms with Crippen LogP contribution in [0.5, 0.6) is 0 Å². The number of amides is 2. The van der Waals surface area contributed by atoms with Gasteiger partial charge in [-0.25, -0.2) is 8.42 Å². The fourth-order valence-electron chi connectivity index (χ4n) is 4.26. The van der Waals surface area contributed by atoms with Crippen molar-refractivity contribution in [1.29, 1.82) is 0 Å². The molecule has 0 heterocycles. The van der Waals surface area contributed by atoms with Crippen LogP contribution in [0.1, 0.15) is 43.9 Å². The van der Waals surface area contributed by atoms with Crippen molar-refractivity contribution in [2.24, 2.45) is 0 Å². The summed E-state index contributed by atoms with van der Waals surface area (Å²) in [5.41, 5.74) is 2.79. The van der Waals surface area contributed by atoms with Crippen LogP contribution < -0.4 is 9.62 Å². The van der Waals surface area contributed by atoms with Gasteiger partial charge in [0, 0.05) is 17.6 Å². The van der Waals surface area contributed by atoms with Gasteiger partial charge >= 0.3 is 0 Å². The summed E-state index contributed by atoms with van der Waals surface area (Å²) in [5, 5.41) is 3.34. The number of benzene rings is 3. The molecule has 0 fully saturated rings. The zero-order chi connectivity index (χ0) is 28.7. The lowest BCUT2D eigenvalue weighted by Crippen LogP contribution is -2.53. The first-order valence-electron chi connectivity index (χ1n) is 12.9. The van der Waals surface area contributed by atoms with Crippen LogP contribution in [0.25, 0.3) is 0 Å². The van der Waals surface area contributed by atoms with E-state index >= 15 is 0 Å². The fraction of sp³-hybridized carbons (Fsp3) is 0.333. The van der Waals surface area contributed by atoms with Crippen molar-refractivity contribution in [2.45, 2.75) is 64.6 Å².